The van der Waals surface area contributed by atoms with Crippen molar-refractivity contribution in [2.75, 3.05) is 12.3 Å². The molecule has 0 bridgehead atoms. The summed E-state index contributed by atoms with van der Waals surface area (Å²) in [5.74, 6) is 0.213. The lowest BCUT2D eigenvalue weighted by atomic mass is 10.1. The number of nitrogens with one attached hydrogen (secondary N) is 1. The average Bonchev–Trinajstić information content (AvgIpc) is 3.25. The molecule has 0 aliphatic heterocycles. The van der Waals surface area contributed by atoms with Crippen LogP contribution >= 0.6 is 23.1 Å². The van der Waals surface area contributed by atoms with Gasteiger partial charge in [0, 0.05) is 18.5 Å². The molecular formula is C20H21N3O2S2. The molecule has 0 unspecified atom stereocenters. The number of nitrogens with zero attached hydrogens (tertiary/aromatic N) is 2. The highest BCUT2D eigenvalue weighted by atomic mass is 32.2. The first-order valence-electron chi connectivity index (χ1n) is 9.08. The van der Waals surface area contributed by atoms with Crippen molar-refractivity contribution in [1.82, 2.24) is 14.9 Å². The SMILES string of the molecule is Cn1c(SCC(=O)NCCc2ccccc2)nc2sc3c(c2c1=O)CCC3. The molecule has 1 aromatic carbocycles. The van der Waals surface area contributed by atoms with Gasteiger partial charge in [0.25, 0.3) is 5.56 Å². The summed E-state index contributed by atoms with van der Waals surface area (Å²) in [6, 6.07) is 10.1. The molecule has 7 heteroatoms. The molecule has 1 aliphatic rings. The van der Waals surface area contributed by atoms with Gasteiger partial charge in [0.1, 0.15) is 4.83 Å². The van der Waals surface area contributed by atoms with Crippen molar-refractivity contribution in [2.24, 2.45) is 7.05 Å². The molecule has 2 aromatic heterocycles. The standard InChI is InChI=1S/C20H21N3O2S2/c1-23-19(25)17-14-8-5-9-15(14)27-18(17)22-20(23)26-12-16(24)21-11-10-13-6-3-2-4-7-13/h2-4,6-7H,5,8-12H2,1H3,(H,21,24). The van der Waals surface area contributed by atoms with Gasteiger partial charge in [-0.15, -0.1) is 11.3 Å². The van der Waals surface area contributed by atoms with Crippen LogP contribution in [0, 0.1) is 0 Å². The number of fused-ring (bicyclic) bond motifs is 3. The highest BCUT2D eigenvalue weighted by Gasteiger charge is 2.22. The maximum atomic E-state index is 12.8. The average molecular weight is 400 g/mol. The van der Waals surface area contributed by atoms with Gasteiger partial charge in [-0.3, -0.25) is 14.2 Å². The lowest BCUT2D eigenvalue weighted by Crippen LogP contribution is -2.28. The highest BCUT2D eigenvalue weighted by molar-refractivity contribution is 7.99. The molecule has 0 saturated heterocycles. The van der Waals surface area contributed by atoms with Crippen LogP contribution in [0.5, 0.6) is 0 Å². The molecule has 0 fully saturated rings. The zero-order valence-electron chi connectivity index (χ0n) is 15.2. The molecule has 4 rings (SSSR count). The van der Waals surface area contributed by atoms with Gasteiger partial charge < -0.3 is 5.32 Å². The molecule has 0 spiro atoms. The Morgan fingerprint density at radius 2 is 2.11 bits per heavy atom. The molecule has 0 radical (unpaired) electrons. The van der Waals surface area contributed by atoms with Gasteiger partial charge in [-0.2, -0.15) is 0 Å². The normalized spacial score (nSPS) is 13.1. The lowest BCUT2D eigenvalue weighted by Gasteiger charge is -2.08. The van der Waals surface area contributed by atoms with Crippen LogP contribution in [0.25, 0.3) is 10.2 Å². The Morgan fingerprint density at radius 1 is 1.30 bits per heavy atom. The largest absolute Gasteiger partial charge is 0.355 e. The van der Waals surface area contributed by atoms with Gasteiger partial charge >= 0.3 is 0 Å². The number of amides is 1. The van der Waals surface area contributed by atoms with E-state index in [1.54, 1.807) is 23.0 Å². The van der Waals surface area contributed by atoms with Crippen LogP contribution < -0.4 is 10.9 Å². The Kier molecular flexibility index (Phi) is 5.31. The van der Waals surface area contributed by atoms with Crippen molar-refractivity contribution < 1.29 is 4.79 Å². The quantitative estimate of drug-likeness (QED) is 0.511. The summed E-state index contributed by atoms with van der Waals surface area (Å²) in [6.07, 6.45) is 3.95. The number of rotatable bonds is 6. The minimum absolute atomic E-state index is 0.00591. The maximum absolute atomic E-state index is 12.8. The van der Waals surface area contributed by atoms with E-state index in [-0.39, 0.29) is 17.2 Å². The first-order chi connectivity index (χ1) is 13.1. The molecule has 140 valence electrons. The third-order valence-corrected chi connectivity index (χ3v) is 7.03. The fourth-order valence-corrected chi connectivity index (χ4v) is 5.51. The Balaban J connectivity index is 1.39. The van der Waals surface area contributed by atoms with E-state index in [1.165, 1.54) is 27.8 Å². The Hall–Kier alpha value is -2.12. The van der Waals surface area contributed by atoms with Crippen LogP contribution in [0.15, 0.2) is 40.3 Å². The summed E-state index contributed by atoms with van der Waals surface area (Å²) in [4.78, 5) is 31.7. The molecule has 3 aromatic rings. The number of aromatic nitrogens is 2. The minimum Gasteiger partial charge on any atom is -0.355 e. The van der Waals surface area contributed by atoms with Gasteiger partial charge in [0.15, 0.2) is 5.16 Å². The van der Waals surface area contributed by atoms with Gasteiger partial charge in [-0.05, 0) is 36.8 Å². The van der Waals surface area contributed by atoms with Crippen molar-refractivity contribution in [3.8, 4) is 0 Å². The number of aryl methyl sites for hydroxylation is 2. The summed E-state index contributed by atoms with van der Waals surface area (Å²) >= 11 is 2.95. The van der Waals surface area contributed by atoms with Crippen LogP contribution in [0.2, 0.25) is 0 Å². The molecule has 5 nitrogen and oxygen atoms in total. The zero-order chi connectivity index (χ0) is 18.8. The summed E-state index contributed by atoms with van der Waals surface area (Å²) in [7, 11) is 1.74. The van der Waals surface area contributed by atoms with Crippen molar-refractivity contribution in [3.63, 3.8) is 0 Å². The highest BCUT2D eigenvalue weighted by Crippen LogP contribution is 2.35. The first kappa shape index (κ1) is 18.3. The van der Waals surface area contributed by atoms with Crippen molar-refractivity contribution in [2.45, 2.75) is 30.8 Å². The number of benzene rings is 1. The summed E-state index contributed by atoms with van der Waals surface area (Å²) in [5.41, 5.74) is 2.40. The van der Waals surface area contributed by atoms with E-state index >= 15 is 0 Å². The second-order valence-electron chi connectivity index (χ2n) is 6.67. The maximum Gasteiger partial charge on any atom is 0.262 e. The van der Waals surface area contributed by atoms with Gasteiger partial charge in [-0.25, -0.2) is 4.98 Å². The predicted molar refractivity (Wildman–Crippen MR) is 111 cm³/mol. The molecule has 0 atom stereocenters. The molecule has 1 aliphatic carbocycles. The topological polar surface area (TPSA) is 64.0 Å². The smallest absolute Gasteiger partial charge is 0.262 e. The van der Waals surface area contributed by atoms with E-state index in [4.69, 9.17) is 0 Å². The molecular weight excluding hydrogens is 378 g/mol. The van der Waals surface area contributed by atoms with Gasteiger partial charge in [-0.1, -0.05) is 42.1 Å². The second-order valence-corrected chi connectivity index (χ2v) is 8.70. The zero-order valence-corrected chi connectivity index (χ0v) is 16.8. The minimum atomic E-state index is -0.0426. The van der Waals surface area contributed by atoms with E-state index in [9.17, 15) is 9.59 Å². The summed E-state index contributed by atoms with van der Waals surface area (Å²) < 4.78 is 1.58. The molecule has 0 saturated carbocycles. The molecule has 1 N–H and O–H groups in total. The number of thioether (sulfide) groups is 1. The van der Waals surface area contributed by atoms with Crippen molar-refractivity contribution >= 4 is 39.2 Å². The molecule has 27 heavy (non-hydrogen) atoms. The number of hydrogen-bond donors (Lipinski definition) is 1. The first-order valence-corrected chi connectivity index (χ1v) is 10.9. The summed E-state index contributed by atoms with van der Waals surface area (Å²) in [5, 5.41) is 4.32. The van der Waals surface area contributed by atoms with Gasteiger partial charge in [0.2, 0.25) is 5.91 Å². The van der Waals surface area contributed by atoms with Crippen molar-refractivity contribution in [3.05, 3.63) is 56.7 Å². The number of hydrogen-bond acceptors (Lipinski definition) is 5. The number of carbonyl (C=O) groups is 1. The van der Waals surface area contributed by atoms with Crippen LogP contribution in [-0.2, 0) is 31.1 Å². The van der Waals surface area contributed by atoms with E-state index < -0.39 is 0 Å². The number of carbonyl (C=O) groups excluding carboxylic acids is 1. The van der Waals surface area contributed by atoms with Crippen LogP contribution in [0.3, 0.4) is 0 Å². The molecule has 1 amide bonds. The Morgan fingerprint density at radius 3 is 2.93 bits per heavy atom. The third-order valence-electron chi connectivity index (χ3n) is 4.82. The van der Waals surface area contributed by atoms with Gasteiger partial charge in [0.05, 0.1) is 11.1 Å². The van der Waals surface area contributed by atoms with E-state index in [2.05, 4.69) is 10.3 Å². The predicted octanol–water partition coefficient (Wildman–Crippen LogP) is 2.93. The van der Waals surface area contributed by atoms with E-state index in [0.29, 0.717) is 11.7 Å². The van der Waals surface area contributed by atoms with Crippen molar-refractivity contribution in [1.29, 1.82) is 0 Å². The lowest BCUT2D eigenvalue weighted by molar-refractivity contribution is -0.118. The Labute approximate surface area is 165 Å². The summed E-state index contributed by atoms with van der Waals surface area (Å²) in [6.45, 7) is 0.604. The van der Waals surface area contributed by atoms with Crippen LogP contribution in [-0.4, -0.2) is 27.8 Å². The third kappa shape index (κ3) is 3.80. The van der Waals surface area contributed by atoms with E-state index in [0.717, 1.165) is 35.9 Å². The Bertz CT molecular complexity index is 1040. The van der Waals surface area contributed by atoms with Crippen LogP contribution in [0.1, 0.15) is 22.4 Å². The monoisotopic (exact) mass is 399 g/mol. The number of thiophene rings is 1. The van der Waals surface area contributed by atoms with E-state index in [1.807, 2.05) is 30.3 Å². The fourth-order valence-electron chi connectivity index (χ4n) is 3.41. The van der Waals surface area contributed by atoms with Crippen LogP contribution in [0.4, 0.5) is 0 Å². The molecule has 2 heterocycles. The second kappa shape index (κ2) is 7.86. The fraction of sp³-hybridized carbons (Fsp3) is 0.350.